The van der Waals surface area contributed by atoms with Crippen molar-refractivity contribution in [1.82, 2.24) is 9.88 Å². The van der Waals surface area contributed by atoms with E-state index in [9.17, 15) is 9.90 Å². The van der Waals surface area contributed by atoms with Crippen molar-refractivity contribution < 1.29 is 9.90 Å². The molecule has 0 saturated carbocycles. The summed E-state index contributed by atoms with van der Waals surface area (Å²) in [5, 5.41) is 12.0. The Balaban J connectivity index is 2.08. The number of β-amino-alcohol motifs (C(OH)–C–C–N with tert-alkyl or cyclic N) is 1. The minimum atomic E-state index is -0.668. The van der Waals surface area contributed by atoms with Crippen molar-refractivity contribution in [2.75, 3.05) is 19.6 Å². The molecule has 1 saturated heterocycles. The number of carbonyl (C=O) groups excluding carboxylic acids is 1. The fourth-order valence-corrected chi connectivity index (χ4v) is 3.92. The van der Waals surface area contributed by atoms with Crippen molar-refractivity contribution in [2.24, 2.45) is 5.73 Å². The van der Waals surface area contributed by atoms with Crippen LogP contribution in [0.4, 0.5) is 0 Å². The SMILES string of the molecule is CCC(N)=C(C(C)=O)c1[nH]c2ccccc2c1C(O)CN1CCCCC1. The number of aliphatic hydroxyl groups is 1. The molecular formula is C21H29N3O2. The Morgan fingerprint density at radius 2 is 1.96 bits per heavy atom. The number of benzene rings is 1. The zero-order valence-corrected chi connectivity index (χ0v) is 15.7. The average molecular weight is 355 g/mol. The third kappa shape index (κ3) is 3.69. The number of nitrogens with zero attached hydrogens (tertiary/aromatic N) is 1. The van der Waals surface area contributed by atoms with E-state index in [-0.39, 0.29) is 5.78 Å². The summed E-state index contributed by atoms with van der Waals surface area (Å²) in [5.41, 5.74) is 9.59. The summed E-state index contributed by atoms with van der Waals surface area (Å²) in [6.45, 7) is 6.07. The monoisotopic (exact) mass is 355 g/mol. The highest BCUT2D eigenvalue weighted by atomic mass is 16.3. The number of likely N-dealkylation sites (tertiary alicyclic amines) is 1. The molecule has 5 heteroatoms. The first-order chi connectivity index (χ1) is 12.5. The van der Waals surface area contributed by atoms with Gasteiger partial charge in [0.1, 0.15) is 0 Å². The Bertz CT molecular complexity index is 816. The van der Waals surface area contributed by atoms with Crippen LogP contribution in [-0.4, -0.2) is 40.4 Å². The fourth-order valence-electron chi connectivity index (χ4n) is 3.92. The van der Waals surface area contributed by atoms with Crippen molar-refractivity contribution in [2.45, 2.75) is 45.6 Å². The van der Waals surface area contributed by atoms with E-state index < -0.39 is 6.10 Å². The smallest absolute Gasteiger partial charge is 0.163 e. The van der Waals surface area contributed by atoms with Gasteiger partial charge >= 0.3 is 0 Å². The predicted molar refractivity (Wildman–Crippen MR) is 106 cm³/mol. The topological polar surface area (TPSA) is 82.3 Å². The van der Waals surface area contributed by atoms with E-state index >= 15 is 0 Å². The highest BCUT2D eigenvalue weighted by Gasteiger charge is 2.26. The summed E-state index contributed by atoms with van der Waals surface area (Å²) < 4.78 is 0. The molecule has 26 heavy (non-hydrogen) atoms. The Morgan fingerprint density at radius 3 is 2.62 bits per heavy atom. The van der Waals surface area contributed by atoms with Gasteiger partial charge in [0.25, 0.3) is 0 Å². The maximum Gasteiger partial charge on any atom is 0.163 e. The van der Waals surface area contributed by atoms with Crippen LogP contribution in [0.15, 0.2) is 30.0 Å². The van der Waals surface area contributed by atoms with Crippen molar-refractivity contribution in [3.05, 3.63) is 41.2 Å². The number of aliphatic hydroxyl groups excluding tert-OH is 1. The third-order valence-corrected chi connectivity index (χ3v) is 5.26. The lowest BCUT2D eigenvalue weighted by molar-refractivity contribution is -0.111. The number of rotatable bonds is 6. The number of H-pyrrole nitrogens is 1. The second kappa shape index (κ2) is 8.06. The second-order valence-corrected chi connectivity index (χ2v) is 7.15. The lowest BCUT2D eigenvalue weighted by Crippen LogP contribution is -2.33. The number of Topliss-reactive ketones (excluding diaryl/α,β-unsaturated/α-hetero) is 1. The maximum absolute atomic E-state index is 12.3. The summed E-state index contributed by atoms with van der Waals surface area (Å²) in [7, 11) is 0. The molecule has 2 aromatic rings. The van der Waals surface area contributed by atoms with E-state index in [0.717, 1.165) is 29.6 Å². The van der Waals surface area contributed by atoms with Gasteiger partial charge in [-0.2, -0.15) is 0 Å². The van der Waals surface area contributed by atoms with E-state index in [2.05, 4.69) is 9.88 Å². The molecular weight excluding hydrogens is 326 g/mol. The van der Waals surface area contributed by atoms with Gasteiger partial charge in [0.15, 0.2) is 5.78 Å². The molecule has 1 aliphatic rings. The predicted octanol–water partition coefficient (Wildman–Crippen LogP) is 3.36. The molecule has 0 bridgehead atoms. The van der Waals surface area contributed by atoms with Gasteiger partial charge in [-0.25, -0.2) is 0 Å². The highest BCUT2D eigenvalue weighted by molar-refractivity contribution is 6.21. The van der Waals surface area contributed by atoms with E-state index in [4.69, 9.17) is 5.73 Å². The Kier molecular flexibility index (Phi) is 5.79. The number of fused-ring (bicyclic) bond motifs is 1. The third-order valence-electron chi connectivity index (χ3n) is 5.26. The number of aromatic amines is 1. The molecule has 2 heterocycles. The van der Waals surface area contributed by atoms with Crippen LogP contribution < -0.4 is 5.73 Å². The maximum atomic E-state index is 12.3. The average Bonchev–Trinajstić information content (AvgIpc) is 3.01. The van der Waals surface area contributed by atoms with Crippen molar-refractivity contribution in [3.8, 4) is 0 Å². The summed E-state index contributed by atoms with van der Waals surface area (Å²) in [4.78, 5) is 18.0. The number of para-hydroxylation sites is 1. The molecule has 4 N–H and O–H groups in total. The molecule has 0 amide bonds. The summed E-state index contributed by atoms with van der Waals surface area (Å²) in [6.07, 6.45) is 3.53. The van der Waals surface area contributed by atoms with E-state index in [1.165, 1.54) is 26.2 Å². The van der Waals surface area contributed by atoms with Crippen LogP contribution in [0.5, 0.6) is 0 Å². The van der Waals surface area contributed by atoms with Crippen molar-refractivity contribution in [3.63, 3.8) is 0 Å². The number of allylic oxidation sites excluding steroid dienone is 2. The number of nitrogens with one attached hydrogen (secondary N) is 1. The lowest BCUT2D eigenvalue weighted by Gasteiger charge is -2.29. The minimum Gasteiger partial charge on any atom is -0.401 e. The summed E-state index contributed by atoms with van der Waals surface area (Å²) in [5.74, 6) is -0.0812. The Morgan fingerprint density at radius 1 is 1.27 bits per heavy atom. The van der Waals surface area contributed by atoms with Gasteiger partial charge in [-0.05, 0) is 45.3 Å². The first-order valence-corrected chi connectivity index (χ1v) is 9.53. The van der Waals surface area contributed by atoms with Gasteiger partial charge in [0.2, 0.25) is 0 Å². The van der Waals surface area contributed by atoms with Crippen molar-refractivity contribution >= 4 is 22.3 Å². The molecule has 0 spiro atoms. The summed E-state index contributed by atoms with van der Waals surface area (Å²) >= 11 is 0. The van der Waals surface area contributed by atoms with Gasteiger partial charge in [0.05, 0.1) is 17.4 Å². The molecule has 1 aromatic carbocycles. The minimum absolute atomic E-state index is 0.0812. The number of hydrogen-bond donors (Lipinski definition) is 3. The first-order valence-electron chi connectivity index (χ1n) is 9.53. The highest BCUT2D eigenvalue weighted by Crippen LogP contribution is 2.34. The van der Waals surface area contributed by atoms with Gasteiger partial charge in [-0.15, -0.1) is 0 Å². The number of hydrogen-bond acceptors (Lipinski definition) is 4. The zero-order chi connectivity index (χ0) is 18.7. The molecule has 1 atom stereocenters. The van der Waals surface area contributed by atoms with Gasteiger partial charge < -0.3 is 20.7 Å². The molecule has 1 aliphatic heterocycles. The number of carbonyl (C=O) groups is 1. The van der Waals surface area contributed by atoms with Crippen LogP contribution in [0.25, 0.3) is 16.5 Å². The number of piperidine rings is 1. The molecule has 5 nitrogen and oxygen atoms in total. The quantitative estimate of drug-likeness (QED) is 0.694. The number of ketones is 1. The van der Waals surface area contributed by atoms with Gasteiger partial charge in [-0.1, -0.05) is 31.5 Å². The van der Waals surface area contributed by atoms with Crippen LogP contribution in [0.1, 0.15) is 56.9 Å². The van der Waals surface area contributed by atoms with Crippen LogP contribution in [-0.2, 0) is 4.79 Å². The fraction of sp³-hybridized carbons (Fsp3) is 0.476. The molecule has 1 fully saturated rings. The summed E-state index contributed by atoms with van der Waals surface area (Å²) in [6, 6.07) is 7.86. The standard InChI is InChI=1S/C21H29N3O2/c1-3-16(22)19(14(2)25)21-20(15-9-5-6-10-17(15)23-21)18(26)13-24-11-7-4-8-12-24/h5-6,9-10,18,23,26H,3-4,7-8,11-13,22H2,1-2H3. The first kappa shape index (κ1) is 18.7. The Labute approximate surface area is 154 Å². The van der Waals surface area contributed by atoms with Crippen LogP contribution in [0.3, 0.4) is 0 Å². The Hall–Kier alpha value is -2.11. The zero-order valence-electron chi connectivity index (χ0n) is 15.7. The van der Waals surface area contributed by atoms with Crippen LogP contribution in [0, 0.1) is 0 Å². The molecule has 0 radical (unpaired) electrons. The van der Waals surface area contributed by atoms with Gasteiger partial charge in [0, 0.05) is 28.7 Å². The van der Waals surface area contributed by atoms with Crippen molar-refractivity contribution in [1.29, 1.82) is 0 Å². The number of aromatic nitrogens is 1. The molecule has 140 valence electrons. The van der Waals surface area contributed by atoms with E-state index in [1.54, 1.807) is 0 Å². The normalized spacial score (nSPS) is 18.0. The molecule has 1 unspecified atom stereocenters. The number of nitrogens with two attached hydrogens (primary N) is 1. The van der Waals surface area contributed by atoms with Gasteiger partial charge in [-0.3, -0.25) is 4.79 Å². The molecule has 1 aromatic heterocycles. The molecule has 3 rings (SSSR count). The van der Waals surface area contributed by atoms with E-state index in [0.29, 0.717) is 29.9 Å². The lowest BCUT2D eigenvalue weighted by atomic mass is 9.96. The van der Waals surface area contributed by atoms with Crippen LogP contribution >= 0.6 is 0 Å². The van der Waals surface area contributed by atoms with Crippen LogP contribution in [0.2, 0.25) is 0 Å². The second-order valence-electron chi connectivity index (χ2n) is 7.15. The largest absolute Gasteiger partial charge is 0.401 e. The molecule has 0 aliphatic carbocycles. The van der Waals surface area contributed by atoms with E-state index in [1.807, 2.05) is 31.2 Å².